The fourth-order valence-corrected chi connectivity index (χ4v) is 1.98. The number of carbonyl (C=O) groups excluding carboxylic acids is 1. The highest BCUT2D eigenvalue weighted by Crippen LogP contribution is 2.17. The van der Waals surface area contributed by atoms with Gasteiger partial charge in [0.1, 0.15) is 0 Å². The number of ketones is 1. The Morgan fingerprint density at radius 1 is 0.933 bits per heavy atom. The lowest BCUT2D eigenvalue weighted by atomic mass is 9.96. The van der Waals surface area contributed by atoms with Crippen LogP contribution in [0.25, 0.3) is 0 Å². The van der Waals surface area contributed by atoms with Gasteiger partial charge in [-0.2, -0.15) is 0 Å². The van der Waals surface area contributed by atoms with E-state index in [0.29, 0.717) is 6.42 Å². The van der Waals surface area contributed by atoms with E-state index >= 15 is 0 Å². The van der Waals surface area contributed by atoms with Crippen LogP contribution in [0.5, 0.6) is 0 Å². The van der Waals surface area contributed by atoms with E-state index in [-0.39, 0.29) is 5.78 Å². The molecule has 0 N–H and O–H groups in total. The molecule has 0 heterocycles. The largest absolute Gasteiger partial charge is 0.293 e. The van der Waals surface area contributed by atoms with Crippen molar-refractivity contribution in [3.8, 4) is 11.8 Å². The molecule has 0 fully saturated rings. The van der Waals surface area contributed by atoms with Crippen LogP contribution in [0.2, 0.25) is 0 Å². The van der Waals surface area contributed by atoms with Crippen LogP contribution in [0.3, 0.4) is 0 Å². The molecular weight excluding hydrogens is 184 g/mol. The second-order valence-electron chi connectivity index (χ2n) is 4.16. The summed E-state index contributed by atoms with van der Waals surface area (Å²) in [4.78, 5) is 11.5. The summed E-state index contributed by atoms with van der Waals surface area (Å²) in [5.41, 5.74) is 1.97. The Hall–Kier alpha value is -1.29. The summed E-state index contributed by atoms with van der Waals surface area (Å²) >= 11 is 0. The van der Waals surface area contributed by atoms with Crippen LogP contribution in [0.15, 0.2) is 23.3 Å². The van der Waals surface area contributed by atoms with Crippen molar-refractivity contribution < 1.29 is 4.79 Å². The smallest absolute Gasteiger partial charge is 0.170 e. The molecule has 0 saturated heterocycles. The number of rotatable bonds is 0. The predicted molar refractivity (Wildman–Crippen MR) is 61.3 cm³/mol. The van der Waals surface area contributed by atoms with Crippen LogP contribution < -0.4 is 0 Å². The third-order valence-corrected chi connectivity index (χ3v) is 2.91. The first-order valence-corrected chi connectivity index (χ1v) is 5.81. The number of Topliss-reactive ketones (excluding diaryl/α,β-unsaturated/α-hetero) is 1. The van der Waals surface area contributed by atoms with Crippen LogP contribution in [-0.2, 0) is 4.79 Å². The van der Waals surface area contributed by atoms with Crippen LogP contribution in [-0.4, -0.2) is 5.78 Å². The predicted octanol–water partition coefficient (Wildman–Crippen LogP) is 3.17. The van der Waals surface area contributed by atoms with Gasteiger partial charge in [0, 0.05) is 6.42 Å². The maximum atomic E-state index is 11.5. The average Bonchev–Trinajstić information content (AvgIpc) is 2.29. The quantitative estimate of drug-likeness (QED) is 0.549. The Balaban J connectivity index is 2.07. The van der Waals surface area contributed by atoms with Crippen molar-refractivity contribution in [3.05, 3.63) is 23.3 Å². The van der Waals surface area contributed by atoms with Crippen molar-refractivity contribution in [3.63, 3.8) is 0 Å². The Bertz CT molecular complexity index is 374. The van der Waals surface area contributed by atoms with E-state index in [0.717, 1.165) is 31.3 Å². The zero-order chi connectivity index (χ0) is 10.5. The molecule has 0 atom stereocenters. The van der Waals surface area contributed by atoms with Gasteiger partial charge < -0.3 is 0 Å². The maximum absolute atomic E-state index is 11.5. The minimum atomic E-state index is 0.227. The van der Waals surface area contributed by atoms with Gasteiger partial charge in [-0.15, -0.1) is 0 Å². The van der Waals surface area contributed by atoms with E-state index in [1.807, 2.05) is 6.08 Å². The average molecular weight is 200 g/mol. The molecule has 2 rings (SSSR count). The molecular formula is C14H16O. The molecule has 0 aromatic carbocycles. The molecule has 0 radical (unpaired) electrons. The van der Waals surface area contributed by atoms with Gasteiger partial charge >= 0.3 is 0 Å². The molecule has 0 bridgehead atoms. The zero-order valence-corrected chi connectivity index (χ0v) is 9.01. The molecule has 1 nitrogen and oxygen atoms in total. The topological polar surface area (TPSA) is 17.1 Å². The highest BCUT2D eigenvalue weighted by molar-refractivity contribution is 6.00. The van der Waals surface area contributed by atoms with Crippen LogP contribution in [0, 0.1) is 11.8 Å². The lowest BCUT2D eigenvalue weighted by molar-refractivity contribution is -0.115. The normalized spacial score (nSPS) is 21.2. The van der Waals surface area contributed by atoms with Gasteiger partial charge in [-0.3, -0.25) is 4.79 Å². The fraction of sp³-hybridized carbons (Fsp3) is 0.500. The van der Waals surface area contributed by atoms with Gasteiger partial charge in [-0.25, -0.2) is 0 Å². The van der Waals surface area contributed by atoms with E-state index in [2.05, 4.69) is 17.9 Å². The summed E-state index contributed by atoms with van der Waals surface area (Å²) in [5.74, 6) is 6.41. The Labute approximate surface area is 91.3 Å². The van der Waals surface area contributed by atoms with Crippen molar-refractivity contribution in [1.29, 1.82) is 0 Å². The summed E-state index contributed by atoms with van der Waals surface area (Å²) < 4.78 is 0. The van der Waals surface area contributed by atoms with E-state index in [9.17, 15) is 4.79 Å². The SMILES string of the molecule is O=C1CCCC=C1C#CC1=CCCCC1. The van der Waals surface area contributed by atoms with Crippen molar-refractivity contribution in [2.24, 2.45) is 0 Å². The summed E-state index contributed by atoms with van der Waals surface area (Å²) in [5, 5.41) is 0. The molecule has 0 saturated carbocycles. The zero-order valence-electron chi connectivity index (χ0n) is 9.01. The van der Waals surface area contributed by atoms with Gasteiger partial charge in [-0.1, -0.05) is 24.0 Å². The summed E-state index contributed by atoms with van der Waals surface area (Å²) in [7, 11) is 0. The molecule has 2 aliphatic rings. The molecule has 15 heavy (non-hydrogen) atoms. The van der Waals surface area contributed by atoms with E-state index in [1.54, 1.807) is 0 Å². The molecule has 0 spiro atoms. The van der Waals surface area contributed by atoms with Gasteiger partial charge in [-0.05, 0) is 44.1 Å². The first-order valence-electron chi connectivity index (χ1n) is 5.81. The third-order valence-electron chi connectivity index (χ3n) is 2.91. The monoisotopic (exact) mass is 200 g/mol. The summed E-state index contributed by atoms with van der Waals surface area (Å²) in [6, 6.07) is 0. The molecule has 1 heteroatoms. The van der Waals surface area contributed by atoms with Gasteiger partial charge in [0.05, 0.1) is 5.57 Å². The lowest BCUT2D eigenvalue weighted by Crippen LogP contribution is -2.05. The number of carbonyl (C=O) groups is 1. The van der Waals surface area contributed by atoms with Crippen molar-refractivity contribution in [1.82, 2.24) is 0 Å². The Morgan fingerprint density at radius 2 is 1.80 bits per heavy atom. The molecule has 0 unspecified atom stereocenters. The second-order valence-corrected chi connectivity index (χ2v) is 4.16. The second kappa shape index (κ2) is 4.98. The Kier molecular flexibility index (Phi) is 3.40. The number of hydrogen-bond acceptors (Lipinski definition) is 1. The molecule has 0 aromatic rings. The fourth-order valence-electron chi connectivity index (χ4n) is 1.98. The van der Waals surface area contributed by atoms with Gasteiger partial charge in [0.2, 0.25) is 0 Å². The van der Waals surface area contributed by atoms with Crippen LogP contribution in [0.4, 0.5) is 0 Å². The van der Waals surface area contributed by atoms with Crippen molar-refractivity contribution in [2.75, 3.05) is 0 Å². The minimum absolute atomic E-state index is 0.227. The molecule has 78 valence electrons. The first kappa shape index (κ1) is 10.2. The molecule has 0 aliphatic heterocycles. The van der Waals surface area contributed by atoms with Crippen LogP contribution >= 0.6 is 0 Å². The standard InChI is InChI=1S/C14H16O/c15-14-9-5-4-8-13(14)11-10-12-6-2-1-3-7-12/h6,8H,1-5,7,9H2. The number of hydrogen-bond donors (Lipinski definition) is 0. The molecule has 2 aliphatic carbocycles. The van der Waals surface area contributed by atoms with E-state index in [4.69, 9.17) is 0 Å². The van der Waals surface area contributed by atoms with Crippen molar-refractivity contribution >= 4 is 5.78 Å². The van der Waals surface area contributed by atoms with Crippen LogP contribution in [0.1, 0.15) is 44.9 Å². The Morgan fingerprint density at radius 3 is 2.53 bits per heavy atom. The van der Waals surface area contributed by atoms with Crippen molar-refractivity contribution in [2.45, 2.75) is 44.9 Å². The number of allylic oxidation sites excluding steroid dienone is 4. The summed E-state index contributed by atoms with van der Waals surface area (Å²) in [6.45, 7) is 0. The third kappa shape index (κ3) is 2.83. The molecule has 0 aromatic heterocycles. The first-order chi connectivity index (χ1) is 7.36. The van der Waals surface area contributed by atoms with E-state index < -0.39 is 0 Å². The summed E-state index contributed by atoms with van der Waals surface area (Å²) in [6.07, 6.45) is 11.7. The highest BCUT2D eigenvalue weighted by atomic mass is 16.1. The maximum Gasteiger partial charge on any atom is 0.170 e. The van der Waals surface area contributed by atoms with Gasteiger partial charge in [0.25, 0.3) is 0 Å². The minimum Gasteiger partial charge on any atom is -0.293 e. The van der Waals surface area contributed by atoms with E-state index in [1.165, 1.54) is 18.4 Å². The highest BCUT2D eigenvalue weighted by Gasteiger charge is 2.10. The lowest BCUT2D eigenvalue weighted by Gasteiger charge is -2.07. The van der Waals surface area contributed by atoms with Gasteiger partial charge in [0.15, 0.2) is 5.78 Å². The molecule has 0 amide bonds.